The van der Waals surface area contributed by atoms with Gasteiger partial charge in [-0.05, 0) is 57.0 Å². The molecule has 1 unspecified atom stereocenters. The van der Waals surface area contributed by atoms with Gasteiger partial charge in [0.25, 0.3) is 0 Å². The number of carbonyl (C=O) groups is 1. The van der Waals surface area contributed by atoms with Gasteiger partial charge in [0.15, 0.2) is 0 Å². The van der Waals surface area contributed by atoms with Crippen molar-refractivity contribution in [3.05, 3.63) is 23.2 Å². The maximum atomic E-state index is 12.3. The largest absolute Gasteiger partial charge is 0.395 e. The van der Waals surface area contributed by atoms with Gasteiger partial charge in [-0.25, -0.2) is 4.79 Å². The zero-order valence-corrected chi connectivity index (χ0v) is 17.1. The number of hydrogen-bond donors (Lipinski definition) is 3. The zero-order chi connectivity index (χ0) is 19.8. The average molecular weight is 411 g/mol. The molecule has 0 radical (unpaired) electrons. The van der Waals surface area contributed by atoms with E-state index in [4.69, 9.17) is 16.3 Å². The molecule has 3 N–H and O–H groups in total. The molecule has 1 atom stereocenters. The Kier molecular flexibility index (Phi) is 8.21. The lowest BCUT2D eigenvalue weighted by molar-refractivity contribution is 0.123. The first-order chi connectivity index (χ1) is 13.7. The fourth-order valence-electron chi connectivity index (χ4n) is 3.89. The highest BCUT2D eigenvalue weighted by Crippen LogP contribution is 2.29. The number of aliphatic hydroxyl groups is 1. The molecule has 0 aromatic heterocycles. The molecule has 2 amide bonds. The van der Waals surface area contributed by atoms with E-state index in [0.717, 1.165) is 63.2 Å². The monoisotopic (exact) mass is 410 g/mol. The zero-order valence-electron chi connectivity index (χ0n) is 16.3. The molecule has 3 rings (SSSR count). The fourth-order valence-corrected chi connectivity index (χ4v) is 4.07. The summed E-state index contributed by atoms with van der Waals surface area (Å²) in [5.41, 5.74) is 1.68. The summed E-state index contributed by atoms with van der Waals surface area (Å²) < 4.78 is 5.41. The van der Waals surface area contributed by atoms with Crippen LogP contribution in [0, 0.1) is 0 Å². The summed E-state index contributed by atoms with van der Waals surface area (Å²) in [5.74, 6) is 0. The van der Waals surface area contributed by atoms with Crippen molar-refractivity contribution >= 4 is 29.0 Å². The first kappa shape index (κ1) is 21.2. The van der Waals surface area contributed by atoms with Crippen LogP contribution in [0.2, 0.25) is 5.02 Å². The van der Waals surface area contributed by atoms with E-state index in [0.29, 0.717) is 30.8 Å². The van der Waals surface area contributed by atoms with Crippen LogP contribution in [0.5, 0.6) is 0 Å². The van der Waals surface area contributed by atoms with Crippen molar-refractivity contribution in [1.82, 2.24) is 10.2 Å². The third kappa shape index (κ3) is 5.98. The van der Waals surface area contributed by atoms with Gasteiger partial charge in [-0.1, -0.05) is 11.6 Å². The predicted octanol–water partition coefficient (Wildman–Crippen LogP) is 2.54. The molecule has 2 saturated heterocycles. The molecule has 2 fully saturated rings. The van der Waals surface area contributed by atoms with E-state index in [1.54, 1.807) is 6.07 Å². The van der Waals surface area contributed by atoms with Crippen LogP contribution >= 0.6 is 11.6 Å². The molecule has 28 heavy (non-hydrogen) atoms. The summed E-state index contributed by atoms with van der Waals surface area (Å²) in [5, 5.41) is 15.8. The molecule has 2 aliphatic heterocycles. The lowest BCUT2D eigenvalue weighted by Gasteiger charge is -2.30. The lowest BCUT2D eigenvalue weighted by Crippen LogP contribution is -2.37. The van der Waals surface area contributed by atoms with E-state index >= 15 is 0 Å². The van der Waals surface area contributed by atoms with Gasteiger partial charge in [-0.15, -0.1) is 0 Å². The summed E-state index contributed by atoms with van der Waals surface area (Å²) >= 11 is 6.13. The Morgan fingerprint density at radius 3 is 2.86 bits per heavy atom. The van der Waals surface area contributed by atoms with Crippen LogP contribution in [0.3, 0.4) is 0 Å². The van der Waals surface area contributed by atoms with Gasteiger partial charge in [0, 0.05) is 30.7 Å². The van der Waals surface area contributed by atoms with Crippen molar-refractivity contribution in [1.29, 1.82) is 0 Å². The number of nitrogens with zero attached hydrogens (tertiary/aromatic N) is 2. The van der Waals surface area contributed by atoms with Crippen LogP contribution in [0.15, 0.2) is 18.2 Å². The molecule has 0 spiro atoms. The van der Waals surface area contributed by atoms with Crippen LogP contribution in [-0.2, 0) is 4.74 Å². The molecular weight excluding hydrogens is 380 g/mol. The van der Waals surface area contributed by atoms with Crippen molar-refractivity contribution < 1.29 is 14.6 Å². The second-order valence-corrected chi connectivity index (χ2v) is 7.80. The first-order valence-electron chi connectivity index (χ1n) is 10.2. The summed E-state index contributed by atoms with van der Waals surface area (Å²) in [6, 6.07) is 5.67. The topological polar surface area (TPSA) is 77.1 Å². The number of hydrogen-bond acceptors (Lipinski definition) is 5. The Hall–Kier alpha value is -1.54. The number of morpholine rings is 1. The molecule has 0 aliphatic carbocycles. The minimum atomic E-state index is -0.216. The maximum absolute atomic E-state index is 12.3. The molecule has 8 heteroatoms. The summed E-state index contributed by atoms with van der Waals surface area (Å²) in [6.07, 6.45) is 4.17. The van der Waals surface area contributed by atoms with Crippen molar-refractivity contribution in [2.45, 2.75) is 31.7 Å². The summed E-state index contributed by atoms with van der Waals surface area (Å²) in [6.45, 7) is 5.86. The highest BCUT2D eigenvalue weighted by Gasteiger charge is 2.22. The van der Waals surface area contributed by atoms with Crippen molar-refractivity contribution in [3.63, 3.8) is 0 Å². The quantitative estimate of drug-likeness (QED) is 0.574. The predicted molar refractivity (Wildman–Crippen MR) is 112 cm³/mol. The Bertz CT molecular complexity index is 640. The van der Waals surface area contributed by atoms with E-state index in [9.17, 15) is 9.90 Å². The fraction of sp³-hybridized carbons (Fsp3) is 0.650. The summed E-state index contributed by atoms with van der Waals surface area (Å²) in [7, 11) is 0. The average Bonchev–Trinajstić information content (AvgIpc) is 3.16. The lowest BCUT2D eigenvalue weighted by atomic mass is 10.2. The Morgan fingerprint density at radius 2 is 2.07 bits per heavy atom. The Balaban J connectivity index is 1.42. The highest BCUT2D eigenvalue weighted by atomic mass is 35.5. The molecule has 1 aromatic rings. The van der Waals surface area contributed by atoms with Gasteiger partial charge in [0.2, 0.25) is 0 Å². The first-order valence-corrected chi connectivity index (χ1v) is 10.6. The van der Waals surface area contributed by atoms with Crippen molar-refractivity contribution in [3.8, 4) is 0 Å². The molecule has 2 heterocycles. The molecular formula is C20H31ClN4O3. The maximum Gasteiger partial charge on any atom is 0.319 e. The number of unbranched alkanes of at least 4 members (excludes halogenated alkanes) is 1. The number of urea groups is 1. The van der Waals surface area contributed by atoms with E-state index in [1.807, 2.05) is 12.1 Å². The standard InChI is InChI=1S/C20H31ClN4O3/c21-16-5-6-19(25-10-12-28-13-11-25)18(14-16)23-20(27)22-7-1-2-8-24-9-3-4-17(24)15-26/h5-6,14,17,26H,1-4,7-13,15H2,(H2,22,23,27). The molecule has 0 saturated carbocycles. The molecule has 7 nitrogen and oxygen atoms in total. The van der Waals surface area contributed by atoms with Gasteiger partial charge in [-0.2, -0.15) is 0 Å². The van der Waals surface area contributed by atoms with E-state index in [-0.39, 0.29) is 12.6 Å². The number of aliphatic hydroxyl groups excluding tert-OH is 1. The van der Waals surface area contributed by atoms with Crippen molar-refractivity contribution in [2.75, 3.05) is 62.8 Å². The van der Waals surface area contributed by atoms with Crippen molar-refractivity contribution in [2.24, 2.45) is 0 Å². The van der Waals surface area contributed by atoms with Crippen LogP contribution in [-0.4, -0.2) is 74.6 Å². The minimum Gasteiger partial charge on any atom is -0.395 e. The highest BCUT2D eigenvalue weighted by molar-refractivity contribution is 6.31. The number of nitrogens with one attached hydrogen (secondary N) is 2. The van der Waals surface area contributed by atoms with Crippen LogP contribution in [0.4, 0.5) is 16.2 Å². The summed E-state index contributed by atoms with van der Waals surface area (Å²) in [4.78, 5) is 16.9. The molecule has 0 bridgehead atoms. The number of amides is 2. The molecule has 1 aromatic carbocycles. The Labute approximate surface area is 172 Å². The van der Waals surface area contributed by atoms with Gasteiger partial charge in [0.05, 0.1) is 31.2 Å². The SMILES string of the molecule is O=C(NCCCCN1CCCC1CO)Nc1cc(Cl)ccc1N1CCOCC1. The number of carbonyl (C=O) groups excluding carboxylic acids is 1. The second-order valence-electron chi connectivity index (χ2n) is 7.36. The van der Waals surface area contributed by atoms with Crippen LogP contribution in [0.1, 0.15) is 25.7 Å². The van der Waals surface area contributed by atoms with Crippen LogP contribution in [0.25, 0.3) is 0 Å². The van der Waals surface area contributed by atoms with E-state index in [2.05, 4.69) is 20.4 Å². The van der Waals surface area contributed by atoms with Gasteiger partial charge in [-0.3, -0.25) is 4.90 Å². The third-order valence-electron chi connectivity index (χ3n) is 5.43. The number of benzene rings is 1. The smallest absolute Gasteiger partial charge is 0.319 e. The number of rotatable bonds is 8. The number of ether oxygens (including phenoxy) is 1. The molecule has 156 valence electrons. The van der Waals surface area contributed by atoms with Gasteiger partial charge in [0.1, 0.15) is 0 Å². The molecule has 2 aliphatic rings. The number of halogens is 1. The van der Waals surface area contributed by atoms with E-state index < -0.39 is 0 Å². The third-order valence-corrected chi connectivity index (χ3v) is 5.66. The Morgan fingerprint density at radius 1 is 1.25 bits per heavy atom. The normalized spacial score (nSPS) is 20.4. The van der Waals surface area contributed by atoms with E-state index in [1.165, 1.54) is 0 Å². The van der Waals surface area contributed by atoms with Crippen LogP contribution < -0.4 is 15.5 Å². The minimum absolute atomic E-state index is 0.216. The van der Waals surface area contributed by atoms with Gasteiger partial charge < -0.3 is 25.4 Å². The second kappa shape index (κ2) is 10.9. The number of likely N-dealkylation sites (tertiary alicyclic amines) is 1. The number of anilines is 2. The van der Waals surface area contributed by atoms with Gasteiger partial charge >= 0.3 is 6.03 Å².